The highest BCUT2D eigenvalue weighted by atomic mass is 16.5. The first-order chi connectivity index (χ1) is 20.2. The fourth-order valence-electron chi connectivity index (χ4n) is 4.52. The van der Waals surface area contributed by atoms with Gasteiger partial charge in [-0.2, -0.15) is 5.10 Å². The molecule has 6 rings (SSSR count). The van der Waals surface area contributed by atoms with Crippen molar-refractivity contribution in [1.82, 2.24) is 24.7 Å². The Balaban J connectivity index is 1.31. The molecule has 3 aromatic heterocycles. The highest BCUT2D eigenvalue weighted by Crippen LogP contribution is 2.36. The minimum atomic E-state index is -0.529. The smallest absolute Gasteiger partial charge is 0.324 e. The predicted molar refractivity (Wildman–Crippen MR) is 163 cm³/mol. The van der Waals surface area contributed by atoms with Crippen LogP contribution >= 0.6 is 0 Å². The lowest BCUT2D eigenvalue weighted by Gasteiger charge is -2.15. The average molecular weight is 561 g/mol. The van der Waals surface area contributed by atoms with E-state index in [2.05, 4.69) is 46.4 Å². The van der Waals surface area contributed by atoms with E-state index in [1.165, 1.54) is 6.20 Å². The highest BCUT2D eigenvalue weighted by Gasteiger charge is 2.22. The van der Waals surface area contributed by atoms with Gasteiger partial charge in [0.1, 0.15) is 17.1 Å². The van der Waals surface area contributed by atoms with E-state index in [-0.39, 0.29) is 16.9 Å². The Bertz CT molecular complexity index is 2010. The van der Waals surface area contributed by atoms with Gasteiger partial charge in [0.15, 0.2) is 17.2 Å². The molecule has 0 aliphatic heterocycles. The average Bonchev–Trinajstić information content (AvgIpc) is 3.40. The number of para-hydroxylation sites is 1. The van der Waals surface area contributed by atoms with Gasteiger partial charge in [0, 0.05) is 34.5 Å². The van der Waals surface area contributed by atoms with Crippen LogP contribution in [-0.4, -0.2) is 30.8 Å². The number of carbonyl (C=O) groups excluding carboxylic acids is 1. The van der Waals surface area contributed by atoms with Gasteiger partial charge in [-0.15, -0.1) is 0 Å². The molecule has 3 aromatic carbocycles. The molecule has 0 unspecified atom stereocenters. The van der Waals surface area contributed by atoms with E-state index in [1.54, 1.807) is 22.9 Å². The number of hydrogen-bond donors (Lipinski definition) is 4. The van der Waals surface area contributed by atoms with Crippen LogP contribution in [0.2, 0.25) is 0 Å². The molecule has 0 spiro atoms. The van der Waals surface area contributed by atoms with Crippen LogP contribution in [0.15, 0.2) is 89.9 Å². The number of pyridine rings is 1. The molecule has 0 bridgehead atoms. The number of nitrogens with zero attached hydrogens (tertiary/aromatic N) is 4. The van der Waals surface area contributed by atoms with Gasteiger partial charge in [-0.05, 0) is 24.3 Å². The zero-order chi connectivity index (χ0) is 29.4. The summed E-state index contributed by atoms with van der Waals surface area (Å²) >= 11 is 0. The number of rotatable bonds is 5. The Morgan fingerprint density at radius 3 is 2.43 bits per heavy atom. The number of ether oxygens (including phenoxy) is 1. The molecule has 42 heavy (non-hydrogen) atoms. The molecule has 2 amide bonds. The van der Waals surface area contributed by atoms with Crippen molar-refractivity contribution >= 4 is 45.3 Å². The van der Waals surface area contributed by atoms with Gasteiger partial charge >= 0.3 is 6.03 Å². The maximum absolute atomic E-state index is 13.3. The van der Waals surface area contributed by atoms with Crippen LogP contribution in [0.1, 0.15) is 26.5 Å². The molecule has 0 aliphatic carbocycles. The Labute approximate surface area is 240 Å². The first-order valence-electron chi connectivity index (χ1n) is 13.3. The fourth-order valence-corrected chi connectivity index (χ4v) is 4.52. The van der Waals surface area contributed by atoms with Gasteiger partial charge in [-0.25, -0.2) is 19.4 Å². The number of carbonyl (C=O) groups is 1. The minimum absolute atomic E-state index is 0.173. The number of fused-ring (bicyclic) bond motifs is 2. The lowest BCUT2D eigenvalue weighted by Crippen LogP contribution is -2.21. The van der Waals surface area contributed by atoms with E-state index in [0.29, 0.717) is 28.5 Å². The molecular formula is C31H28N8O3. The predicted octanol–water partition coefficient (Wildman–Crippen LogP) is 5.97. The van der Waals surface area contributed by atoms with Gasteiger partial charge in [0.2, 0.25) is 0 Å². The normalized spacial score (nSPS) is 11.5. The van der Waals surface area contributed by atoms with E-state index in [1.807, 2.05) is 60.7 Å². The summed E-state index contributed by atoms with van der Waals surface area (Å²) in [5.41, 5.74) is 7.75. The van der Waals surface area contributed by atoms with Crippen LogP contribution in [-0.2, 0) is 5.41 Å². The summed E-state index contributed by atoms with van der Waals surface area (Å²) in [7, 11) is 0. The van der Waals surface area contributed by atoms with Crippen molar-refractivity contribution in [3.63, 3.8) is 0 Å². The van der Waals surface area contributed by atoms with E-state index in [4.69, 9.17) is 15.6 Å². The zero-order valence-electron chi connectivity index (χ0n) is 23.2. The number of amides is 2. The first-order valence-corrected chi connectivity index (χ1v) is 13.3. The topological polar surface area (TPSA) is 153 Å². The lowest BCUT2D eigenvalue weighted by atomic mass is 9.92. The number of urea groups is 1. The minimum Gasteiger partial charge on any atom is -0.454 e. The molecule has 11 heteroatoms. The van der Waals surface area contributed by atoms with E-state index in [0.717, 1.165) is 22.2 Å². The van der Waals surface area contributed by atoms with Crippen molar-refractivity contribution < 1.29 is 9.53 Å². The quantitative estimate of drug-likeness (QED) is 0.202. The van der Waals surface area contributed by atoms with Crippen LogP contribution in [0, 0.1) is 0 Å². The fraction of sp³-hybridized carbons (Fsp3) is 0.129. The largest absolute Gasteiger partial charge is 0.454 e. The lowest BCUT2D eigenvalue weighted by molar-refractivity contribution is 0.262. The van der Waals surface area contributed by atoms with E-state index in [9.17, 15) is 9.59 Å². The molecule has 0 fully saturated rings. The molecule has 0 saturated carbocycles. The van der Waals surface area contributed by atoms with Crippen molar-refractivity contribution in [3.05, 3.63) is 101 Å². The molecule has 0 aliphatic rings. The Morgan fingerprint density at radius 1 is 0.929 bits per heavy atom. The number of H-pyrrole nitrogens is 1. The summed E-state index contributed by atoms with van der Waals surface area (Å²) in [6, 6.07) is 23.8. The standard InChI is InChI=1S/C31H28N8O3/c1-31(2,3)24-17-25(39(38-24)18-9-5-4-6-10-18)35-30(41)34-21-13-14-22(20-12-8-7-11-19(20)21)42-23-15-16-33-28-26(23)36-29(40)27(32)37-28/h4-17H,1-3H3,(H,36,40)(H2,32,33,37)(H2,34,35,41). The number of aromatic nitrogens is 5. The highest BCUT2D eigenvalue weighted by molar-refractivity contribution is 6.07. The Morgan fingerprint density at radius 2 is 1.67 bits per heavy atom. The maximum Gasteiger partial charge on any atom is 0.324 e. The number of hydrogen-bond acceptors (Lipinski definition) is 7. The summed E-state index contributed by atoms with van der Waals surface area (Å²) < 4.78 is 7.95. The first kappa shape index (κ1) is 26.5. The molecule has 11 nitrogen and oxygen atoms in total. The Hall–Kier alpha value is -5.71. The van der Waals surface area contributed by atoms with Gasteiger partial charge in [0.05, 0.1) is 17.1 Å². The third kappa shape index (κ3) is 5.10. The van der Waals surface area contributed by atoms with Crippen molar-refractivity contribution in [1.29, 1.82) is 0 Å². The summed E-state index contributed by atoms with van der Waals surface area (Å²) in [5, 5.41) is 12.2. The van der Waals surface area contributed by atoms with Crippen LogP contribution in [0.4, 0.5) is 22.1 Å². The Kier molecular flexibility index (Phi) is 6.54. The maximum atomic E-state index is 13.3. The van der Waals surface area contributed by atoms with Crippen molar-refractivity contribution in [2.75, 3.05) is 16.4 Å². The van der Waals surface area contributed by atoms with E-state index < -0.39 is 11.6 Å². The number of anilines is 3. The van der Waals surface area contributed by atoms with Crippen LogP contribution in [0.5, 0.6) is 11.5 Å². The molecular weight excluding hydrogens is 532 g/mol. The van der Waals surface area contributed by atoms with Crippen LogP contribution in [0.25, 0.3) is 27.6 Å². The second kappa shape index (κ2) is 10.4. The number of aromatic amines is 1. The number of nitrogens with one attached hydrogen (secondary N) is 3. The summed E-state index contributed by atoms with van der Waals surface area (Å²) in [4.78, 5) is 36.3. The molecule has 0 saturated heterocycles. The summed E-state index contributed by atoms with van der Waals surface area (Å²) in [5.74, 6) is 1.24. The van der Waals surface area contributed by atoms with Gasteiger partial charge in [-0.1, -0.05) is 63.2 Å². The second-order valence-electron chi connectivity index (χ2n) is 10.7. The monoisotopic (exact) mass is 560 g/mol. The SMILES string of the molecule is CC(C)(C)c1cc(NC(=O)Nc2ccc(Oc3ccnc4nc(N)c(=O)[nH]c34)c3ccccc23)n(-c2ccccc2)n1. The molecule has 6 aromatic rings. The van der Waals surface area contributed by atoms with Crippen molar-refractivity contribution in [2.45, 2.75) is 26.2 Å². The van der Waals surface area contributed by atoms with Crippen LogP contribution in [0.3, 0.4) is 0 Å². The zero-order valence-corrected chi connectivity index (χ0v) is 23.2. The molecule has 5 N–H and O–H groups in total. The molecule has 0 radical (unpaired) electrons. The van der Waals surface area contributed by atoms with E-state index >= 15 is 0 Å². The molecule has 3 heterocycles. The third-order valence-electron chi connectivity index (χ3n) is 6.66. The summed E-state index contributed by atoms with van der Waals surface area (Å²) in [6.45, 7) is 6.22. The van der Waals surface area contributed by atoms with Gasteiger partial charge in [0.25, 0.3) is 5.56 Å². The van der Waals surface area contributed by atoms with Gasteiger partial charge < -0.3 is 20.8 Å². The number of nitrogens with two attached hydrogens (primary N) is 1. The third-order valence-corrected chi connectivity index (χ3v) is 6.66. The number of benzene rings is 3. The van der Waals surface area contributed by atoms with Crippen molar-refractivity contribution in [3.8, 4) is 17.2 Å². The second-order valence-corrected chi connectivity index (χ2v) is 10.7. The van der Waals surface area contributed by atoms with Gasteiger partial charge in [-0.3, -0.25) is 10.1 Å². The summed E-state index contributed by atoms with van der Waals surface area (Å²) in [6.07, 6.45) is 1.52. The number of nitrogen functional groups attached to an aromatic ring is 1. The van der Waals surface area contributed by atoms with Crippen molar-refractivity contribution in [2.24, 2.45) is 0 Å². The molecule has 0 atom stereocenters. The van der Waals surface area contributed by atoms with Crippen LogP contribution < -0.4 is 26.7 Å². The molecule has 210 valence electrons.